The molecule has 4 rings (SSSR count). The Morgan fingerprint density at radius 2 is 1.67 bits per heavy atom. The standard InChI is InChI=1S/C22H18FNO2S/c23-17-8-6-16(7-9-17)22(12-13-22)21(26)24-14-18-10-11-19(27-18)20(25)15-4-2-1-3-5-15/h1-11H,12-14H2,(H,24,26). The Morgan fingerprint density at radius 3 is 2.33 bits per heavy atom. The lowest BCUT2D eigenvalue weighted by molar-refractivity contribution is -0.123. The van der Waals surface area contributed by atoms with E-state index in [4.69, 9.17) is 0 Å². The van der Waals surface area contributed by atoms with Crippen molar-refractivity contribution in [3.8, 4) is 0 Å². The zero-order valence-corrected chi connectivity index (χ0v) is 15.4. The third kappa shape index (κ3) is 3.55. The van der Waals surface area contributed by atoms with E-state index in [-0.39, 0.29) is 17.5 Å². The number of carbonyl (C=O) groups excluding carboxylic acids is 2. The lowest BCUT2D eigenvalue weighted by Crippen LogP contribution is -2.34. The molecule has 0 aliphatic heterocycles. The monoisotopic (exact) mass is 379 g/mol. The average molecular weight is 379 g/mol. The second-order valence-corrected chi connectivity index (χ2v) is 7.90. The topological polar surface area (TPSA) is 46.2 Å². The van der Waals surface area contributed by atoms with Gasteiger partial charge in [-0.25, -0.2) is 4.39 Å². The molecule has 0 atom stereocenters. The van der Waals surface area contributed by atoms with Gasteiger partial charge in [0.1, 0.15) is 5.82 Å². The molecule has 3 nitrogen and oxygen atoms in total. The SMILES string of the molecule is O=C(c1ccccc1)c1ccc(CNC(=O)C2(c3ccc(F)cc3)CC2)s1. The van der Waals surface area contributed by atoms with Crippen LogP contribution in [-0.2, 0) is 16.8 Å². The Morgan fingerprint density at radius 1 is 0.963 bits per heavy atom. The van der Waals surface area contributed by atoms with Crippen molar-refractivity contribution in [1.29, 1.82) is 0 Å². The number of carbonyl (C=O) groups is 2. The predicted octanol–water partition coefficient (Wildman–Crippen LogP) is 4.47. The fourth-order valence-electron chi connectivity index (χ4n) is 3.20. The number of halogens is 1. The van der Waals surface area contributed by atoms with Crippen LogP contribution in [0.3, 0.4) is 0 Å². The van der Waals surface area contributed by atoms with Crippen LogP contribution in [0.1, 0.15) is 38.5 Å². The van der Waals surface area contributed by atoms with Gasteiger partial charge in [0.2, 0.25) is 11.7 Å². The highest BCUT2D eigenvalue weighted by molar-refractivity contribution is 7.14. The van der Waals surface area contributed by atoms with Crippen molar-refractivity contribution in [1.82, 2.24) is 5.32 Å². The largest absolute Gasteiger partial charge is 0.350 e. The smallest absolute Gasteiger partial charge is 0.230 e. The quantitative estimate of drug-likeness (QED) is 0.643. The second-order valence-electron chi connectivity index (χ2n) is 6.73. The predicted molar refractivity (Wildman–Crippen MR) is 103 cm³/mol. The molecule has 2 aromatic carbocycles. The van der Waals surface area contributed by atoms with E-state index in [9.17, 15) is 14.0 Å². The van der Waals surface area contributed by atoms with Crippen molar-refractivity contribution in [3.05, 3.63) is 93.4 Å². The summed E-state index contributed by atoms with van der Waals surface area (Å²) in [5.74, 6) is -0.356. The highest BCUT2D eigenvalue weighted by Crippen LogP contribution is 2.48. The Kier molecular flexibility index (Phi) is 4.62. The first-order valence-corrected chi connectivity index (χ1v) is 9.63. The highest BCUT2D eigenvalue weighted by Gasteiger charge is 2.51. The van der Waals surface area contributed by atoms with Crippen molar-refractivity contribution in [2.24, 2.45) is 0 Å². The minimum absolute atomic E-state index is 0.0110. The zero-order chi connectivity index (χ0) is 18.9. The molecule has 1 aliphatic rings. The molecule has 1 heterocycles. The third-order valence-electron chi connectivity index (χ3n) is 4.93. The number of amides is 1. The molecule has 0 bridgehead atoms. The first kappa shape index (κ1) is 17.6. The van der Waals surface area contributed by atoms with Crippen molar-refractivity contribution in [2.45, 2.75) is 24.8 Å². The van der Waals surface area contributed by atoms with Crippen molar-refractivity contribution in [2.75, 3.05) is 0 Å². The molecule has 1 fully saturated rings. The maximum absolute atomic E-state index is 13.1. The summed E-state index contributed by atoms with van der Waals surface area (Å²) in [7, 11) is 0. The Balaban J connectivity index is 1.41. The van der Waals surface area contributed by atoms with Gasteiger partial charge < -0.3 is 5.32 Å². The van der Waals surface area contributed by atoms with Gasteiger partial charge in [-0.2, -0.15) is 0 Å². The molecular weight excluding hydrogens is 361 g/mol. The van der Waals surface area contributed by atoms with E-state index in [0.29, 0.717) is 17.0 Å². The van der Waals surface area contributed by atoms with E-state index >= 15 is 0 Å². The summed E-state index contributed by atoms with van der Waals surface area (Å²) < 4.78 is 13.1. The summed E-state index contributed by atoms with van der Waals surface area (Å²) in [6, 6.07) is 19.0. The first-order valence-electron chi connectivity index (χ1n) is 8.81. The van der Waals surface area contributed by atoms with Gasteiger partial charge in [-0.15, -0.1) is 11.3 Å². The van der Waals surface area contributed by atoms with E-state index < -0.39 is 5.41 Å². The number of ketones is 1. The van der Waals surface area contributed by atoms with Gasteiger partial charge in [0, 0.05) is 10.4 Å². The summed E-state index contributed by atoms with van der Waals surface area (Å²) in [4.78, 5) is 26.7. The van der Waals surface area contributed by atoms with Crippen LogP contribution >= 0.6 is 11.3 Å². The minimum Gasteiger partial charge on any atom is -0.350 e. The van der Waals surface area contributed by atoms with Crippen LogP contribution < -0.4 is 5.32 Å². The molecule has 1 amide bonds. The molecule has 0 spiro atoms. The molecule has 1 aromatic heterocycles. The summed E-state index contributed by atoms with van der Waals surface area (Å²) in [5.41, 5.74) is 0.976. The maximum Gasteiger partial charge on any atom is 0.230 e. The van der Waals surface area contributed by atoms with E-state index in [1.807, 2.05) is 24.3 Å². The fraction of sp³-hybridized carbons (Fsp3) is 0.182. The lowest BCUT2D eigenvalue weighted by atomic mass is 9.95. The van der Waals surface area contributed by atoms with Crippen molar-refractivity contribution < 1.29 is 14.0 Å². The van der Waals surface area contributed by atoms with Crippen molar-refractivity contribution in [3.63, 3.8) is 0 Å². The van der Waals surface area contributed by atoms with Crippen LogP contribution in [0.15, 0.2) is 66.7 Å². The number of thiophene rings is 1. The summed E-state index contributed by atoms with van der Waals surface area (Å²) in [6.45, 7) is 0.383. The minimum atomic E-state index is -0.534. The molecule has 0 radical (unpaired) electrons. The second kappa shape index (κ2) is 7.08. The Labute approximate surface area is 160 Å². The molecule has 1 aliphatic carbocycles. The molecule has 1 N–H and O–H groups in total. The van der Waals surface area contributed by atoms with E-state index in [1.165, 1.54) is 23.5 Å². The molecule has 0 unspecified atom stereocenters. The molecule has 5 heteroatoms. The Bertz CT molecular complexity index is 975. The molecule has 0 saturated heterocycles. The number of rotatable bonds is 6. The van der Waals surface area contributed by atoms with E-state index in [0.717, 1.165) is 23.3 Å². The molecule has 136 valence electrons. The van der Waals surface area contributed by atoms with Crippen LogP contribution in [0.4, 0.5) is 4.39 Å². The summed E-state index contributed by atoms with van der Waals surface area (Å²) in [6.07, 6.45) is 1.54. The zero-order valence-electron chi connectivity index (χ0n) is 14.6. The summed E-state index contributed by atoms with van der Waals surface area (Å²) >= 11 is 1.39. The number of nitrogens with one attached hydrogen (secondary N) is 1. The van der Waals surface area contributed by atoms with Crippen LogP contribution in [0.25, 0.3) is 0 Å². The molecule has 3 aromatic rings. The number of hydrogen-bond donors (Lipinski definition) is 1. The van der Waals surface area contributed by atoms with Gasteiger partial charge in [0.05, 0.1) is 16.8 Å². The van der Waals surface area contributed by atoms with Gasteiger partial charge in [0.25, 0.3) is 0 Å². The summed E-state index contributed by atoms with van der Waals surface area (Å²) in [5, 5.41) is 2.97. The van der Waals surface area contributed by atoms with Crippen molar-refractivity contribution >= 4 is 23.0 Å². The van der Waals surface area contributed by atoms with E-state index in [2.05, 4.69) is 5.32 Å². The normalized spacial score (nSPS) is 14.6. The van der Waals surface area contributed by atoms with Gasteiger partial charge >= 0.3 is 0 Å². The highest BCUT2D eigenvalue weighted by atomic mass is 32.1. The molecular formula is C22H18FNO2S. The average Bonchev–Trinajstić information content (AvgIpc) is 3.38. The number of hydrogen-bond acceptors (Lipinski definition) is 3. The van der Waals surface area contributed by atoms with Crippen LogP contribution in [-0.4, -0.2) is 11.7 Å². The van der Waals surface area contributed by atoms with Crippen LogP contribution in [0, 0.1) is 5.82 Å². The van der Waals surface area contributed by atoms with Crippen LogP contribution in [0.5, 0.6) is 0 Å². The maximum atomic E-state index is 13.1. The first-order chi connectivity index (χ1) is 13.1. The molecule has 27 heavy (non-hydrogen) atoms. The molecule has 1 saturated carbocycles. The van der Waals surface area contributed by atoms with Gasteiger partial charge in [-0.05, 0) is 42.7 Å². The fourth-order valence-corrected chi connectivity index (χ4v) is 4.11. The van der Waals surface area contributed by atoms with Gasteiger partial charge in [0.15, 0.2) is 0 Å². The van der Waals surface area contributed by atoms with E-state index in [1.54, 1.807) is 30.3 Å². The van der Waals surface area contributed by atoms with Gasteiger partial charge in [-0.1, -0.05) is 42.5 Å². The Hall–Kier alpha value is -2.79. The lowest BCUT2D eigenvalue weighted by Gasteiger charge is -2.15. The van der Waals surface area contributed by atoms with Crippen LogP contribution in [0.2, 0.25) is 0 Å². The number of benzene rings is 2. The van der Waals surface area contributed by atoms with Gasteiger partial charge in [-0.3, -0.25) is 9.59 Å². The third-order valence-corrected chi connectivity index (χ3v) is 6.01.